The van der Waals surface area contributed by atoms with E-state index in [0.29, 0.717) is 5.41 Å². The summed E-state index contributed by atoms with van der Waals surface area (Å²) in [6.07, 6.45) is 2.21. The van der Waals surface area contributed by atoms with Crippen molar-refractivity contribution >= 4 is 12.6 Å². The van der Waals surface area contributed by atoms with Crippen LogP contribution in [-0.2, 0) is 14.2 Å². The summed E-state index contributed by atoms with van der Waals surface area (Å²) in [6.45, 7) is 12.0. The second-order valence-corrected chi connectivity index (χ2v) is 5.76. The second-order valence-electron chi connectivity index (χ2n) is 5.44. The number of rotatable bonds is 11. The first kappa shape index (κ1) is 18.2. The maximum absolute atomic E-state index is 5.50. The van der Waals surface area contributed by atoms with Crippen LogP contribution in [0.3, 0.4) is 0 Å². The van der Waals surface area contributed by atoms with Crippen molar-refractivity contribution in [3.63, 3.8) is 0 Å². The highest BCUT2D eigenvalue weighted by atomic mass is 32.1. The fourth-order valence-corrected chi connectivity index (χ4v) is 3.01. The molecule has 4 nitrogen and oxygen atoms in total. The van der Waals surface area contributed by atoms with E-state index in [9.17, 15) is 0 Å². The fraction of sp³-hybridized carbons (Fsp3) is 1.00. The molecule has 1 aliphatic heterocycles. The van der Waals surface area contributed by atoms with Crippen molar-refractivity contribution in [3.05, 3.63) is 0 Å². The molecule has 0 saturated carbocycles. The third kappa shape index (κ3) is 6.76. The molecule has 1 aliphatic rings. The van der Waals surface area contributed by atoms with E-state index in [1.807, 2.05) is 13.8 Å². The number of hydrogen-bond acceptors (Lipinski definition) is 5. The van der Waals surface area contributed by atoms with Gasteiger partial charge in [-0.1, -0.05) is 0 Å². The van der Waals surface area contributed by atoms with Gasteiger partial charge in [0.1, 0.15) is 0 Å². The molecule has 0 amide bonds. The molecule has 1 rings (SSSR count). The van der Waals surface area contributed by atoms with Crippen LogP contribution in [-0.4, -0.2) is 69.9 Å². The average molecular weight is 305 g/mol. The van der Waals surface area contributed by atoms with E-state index in [-0.39, 0.29) is 0 Å². The Morgan fingerprint density at radius 3 is 2.05 bits per heavy atom. The summed E-state index contributed by atoms with van der Waals surface area (Å²) >= 11 is 4.60. The Labute approximate surface area is 129 Å². The van der Waals surface area contributed by atoms with Crippen molar-refractivity contribution in [1.82, 2.24) is 4.90 Å². The minimum atomic E-state index is 0.291. The van der Waals surface area contributed by atoms with E-state index in [1.165, 1.54) is 0 Å². The molecule has 1 saturated heterocycles. The van der Waals surface area contributed by atoms with E-state index in [2.05, 4.69) is 17.5 Å². The molecule has 0 spiro atoms. The lowest BCUT2D eigenvalue weighted by molar-refractivity contribution is -0.00282. The van der Waals surface area contributed by atoms with E-state index in [1.54, 1.807) is 0 Å². The van der Waals surface area contributed by atoms with E-state index >= 15 is 0 Å². The van der Waals surface area contributed by atoms with Gasteiger partial charge in [0.25, 0.3) is 0 Å². The van der Waals surface area contributed by atoms with E-state index in [0.717, 1.165) is 77.9 Å². The highest BCUT2D eigenvalue weighted by Crippen LogP contribution is 2.32. The van der Waals surface area contributed by atoms with Crippen LogP contribution >= 0.6 is 12.6 Å². The molecule has 1 heterocycles. The lowest BCUT2D eigenvalue weighted by Crippen LogP contribution is -2.45. The summed E-state index contributed by atoms with van der Waals surface area (Å²) in [6, 6.07) is 0. The van der Waals surface area contributed by atoms with Crippen LogP contribution in [0.2, 0.25) is 0 Å². The molecule has 0 aromatic rings. The van der Waals surface area contributed by atoms with Crippen LogP contribution in [0.15, 0.2) is 0 Å². The zero-order valence-electron chi connectivity index (χ0n) is 13.1. The standard InChI is InChI=1S/C15H31NO3S/c1-3-17-11-7-16(8-12-18-4-2)13-15(14-20)5-9-19-10-6-15/h20H,3-14H2,1-2H3. The van der Waals surface area contributed by atoms with Crippen LogP contribution in [0, 0.1) is 5.41 Å². The minimum absolute atomic E-state index is 0.291. The summed E-state index contributed by atoms with van der Waals surface area (Å²) in [4.78, 5) is 2.47. The Morgan fingerprint density at radius 1 is 1.05 bits per heavy atom. The van der Waals surface area contributed by atoms with Crippen molar-refractivity contribution < 1.29 is 14.2 Å². The maximum atomic E-state index is 5.50. The largest absolute Gasteiger partial charge is 0.381 e. The van der Waals surface area contributed by atoms with Gasteiger partial charge in [-0.15, -0.1) is 0 Å². The normalized spacial score (nSPS) is 18.6. The van der Waals surface area contributed by atoms with Gasteiger partial charge < -0.3 is 14.2 Å². The lowest BCUT2D eigenvalue weighted by atomic mass is 9.81. The third-order valence-electron chi connectivity index (χ3n) is 3.96. The summed E-state index contributed by atoms with van der Waals surface area (Å²) in [5.41, 5.74) is 0.291. The molecule has 0 unspecified atom stereocenters. The highest BCUT2D eigenvalue weighted by molar-refractivity contribution is 7.80. The molecule has 0 N–H and O–H groups in total. The Balaban J connectivity index is 2.46. The van der Waals surface area contributed by atoms with Crippen molar-refractivity contribution in [2.24, 2.45) is 5.41 Å². The average Bonchev–Trinajstić information content (AvgIpc) is 2.48. The second kappa shape index (κ2) is 10.9. The lowest BCUT2D eigenvalue weighted by Gasteiger charge is -2.40. The zero-order chi connectivity index (χ0) is 14.7. The molecule has 0 aliphatic carbocycles. The molecule has 0 atom stereocenters. The monoisotopic (exact) mass is 305 g/mol. The molecule has 20 heavy (non-hydrogen) atoms. The molecule has 0 aromatic carbocycles. The summed E-state index contributed by atoms with van der Waals surface area (Å²) in [5, 5.41) is 0. The van der Waals surface area contributed by atoms with Gasteiger partial charge in [-0.05, 0) is 37.9 Å². The Bertz CT molecular complexity index is 225. The maximum Gasteiger partial charge on any atom is 0.0593 e. The minimum Gasteiger partial charge on any atom is -0.381 e. The molecule has 5 heteroatoms. The van der Waals surface area contributed by atoms with Crippen molar-refractivity contribution in [2.75, 3.05) is 65.0 Å². The van der Waals surface area contributed by atoms with Crippen LogP contribution in [0.5, 0.6) is 0 Å². The summed E-state index contributed by atoms with van der Waals surface area (Å²) < 4.78 is 16.5. The van der Waals surface area contributed by atoms with Crippen molar-refractivity contribution in [2.45, 2.75) is 26.7 Å². The first-order valence-electron chi connectivity index (χ1n) is 7.83. The molecule has 0 radical (unpaired) electrons. The summed E-state index contributed by atoms with van der Waals surface area (Å²) in [7, 11) is 0. The van der Waals surface area contributed by atoms with Crippen molar-refractivity contribution in [3.8, 4) is 0 Å². The van der Waals surface area contributed by atoms with Crippen LogP contribution in [0.4, 0.5) is 0 Å². The van der Waals surface area contributed by atoms with Crippen LogP contribution in [0.1, 0.15) is 26.7 Å². The third-order valence-corrected chi connectivity index (χ3v) is 4.63. The van der Waals surface area contributed by atoms with Gasteiger partial charge in [0.05, 0.1) is 13.2 Å². The quantitative estimate of drug-likeness (QED) is 0.468. The zero-order valence-corrected chi connectivity index (χ0v) is 14.0. The molecule has 0 bridgehead atoms. The number of ether oxygens (including phenoxy) is 3. The smallest absolute Gasteiger partial charge is 0.0593 e. The first-order valence-corrected chi connectivity index (χ1v) is 8.46. The molecule has 120 valence electrons. The Kier molecular flexibility index (Phi) is 9.90. The van der Waals surface area contributed by atoms with E-state index in [4.69, 9.17) is 14.2 Å². The number of thiol groups is 1. The van der Waals surface area contributed by atoms with Crippen LogP contribution < -0.4 is 0 Å². The van der Waals surface area contributed by atoms with Gasteiger partial charge in [0, 0.05) is 46.1 Å². The van der Waals surface area contributed by atoms with E-state index < -0.39 is 0 Å². The topological polar surface area (TPSA) is 30.9 Å². The summed E-state index contributed by atoms with van der Waals surface area (Å²) in [5.74, 6) is 0.927. The number of nitrogens with zero attached hydrogens (tertiary/aromatic N) is 1. The van der Waals surface area contributed by atoms with Gasteiger partial charge in [0.2, 0.25) is 0 Å². The predicted octanol–water partition coefficient (Wildman–Crippen LogP) is 2.09. The van der Waals surface area contributed by atoms with Crippen molar-refractivity contribution in [1.29, 1.82) is 0 Å². The molecule has 1 fully saturated rings. The first-order chi connectivity index (χ1) is 9.76. The molecule has 0 aromatic heterocycles. The predicted molar refractivity (Wildman–Crippen MR) is 85.8 cm³/mol. The van der Waals surface area contributed by atoms with Gasteiger partial charge in [-0.3, -0.25) is 4.90 Å². The Hall–Kier alpha value is 0.190. The fourth-order valence-electron chi connectivity index (χ4n) is 2.59. The van der Waals surface area contributed by atoms with Gasteiger partial charge >= 0.3 is 0 Å². The number of hydrogen-bond donors (Lipinski definition) is 1. The van der Waals surface area contributed by atoms with Gasteiger partial charge in [-0.25, -0.2) is 0 Å². The SMILES string of the molecule is CCOCCN(CCOCC)CC1(CS)CCOCC1. The van der Waals surface area contributed by atoms with Gasteiger partial charge in [-0.2, -0.15) is 12.6 Å². The molecular formula is C15H31NO3S. The highest BCUT2D eigenvalue weighted by Gasteiger charge is 2.33. The van der Waals surface area contributed by atoms with Gasteiger partial charge in [0.15, 0.2) is 0 Å². The Morgan fingerprint density at radius 2 is 1.60 bits per heavy atom. The molecular weight excluding hydrogens is 274 g/mol. The van der Waals surface area contributed by atoms with Crippen LogP contribution in [0.25, 0.3) is 0 Å².